The Balaban J connectivity index is 3.71. The van der Waals surface area contributed by atoms with Crippen LogP contribution >= 0.6 is 7.41 Å². The van der Waals surface area contributed by atoms with Crippen molar-refractivity contribution < 1.29 is 0 Å². The molecule has 0 aliphatic carbocycles. The maximum absolute atomic E-state index is 2.38. The first kappa shape index (κ1) is 8.39. The summed E-state index contributed by atoms with van der Waals surface area (Å²) in [4.78, 5) is 0. The molecule has 1 nitrogen and oxygen atoms in total. The van der Waals surface area contributed by atoms with Crippen LogP contribution < -0.4 is 0 Å². The summed E-state index contributed by atoms with van der Waals surface area (Å²) >= 11 is 0. The second-order valence-corrected chi connectivity index (χ2v) is 8.29. The van der Waals surface area contributed by atoms with Gasteiger partial charge in [0.25, 0.3) is 0 Å². The minimum absolute atomic E-state index is 0.921. The van der Waals surface area contributed by atoms with Gasteiger partial charge in [0, 0.05) is 0 Å². The first-order chi connectivity index (χ1) is 3.50. The molecule has 0 N–H and O–H groups in total. The standard InChI is InChI=1S/C6H18NP/c1-6-8(4,5)7(2)3/h8H,6H2,1-5H3. The van der Waals surface area contributed by atoms with Gasteiger partial charge in [-0.1, -0.05) is 0 Å². The molecule has 0 aliphatic heterocycles. The van der Waals surface area contributed by atoms with Gasteiger partial charge in [0.05, 0.1) is 0 Å². The van der Waals surface area contributed by atoms with Crippen LogP contribution in [0, 0.1) is 0 Å². The third-order valence-electron chi connectivity index (χ3n) is 2.08. The summed E-state index contributed by atoms with van der Waals surface area (Å²) in [6, 6.07) is 0. The number of nitrogens with zero attached hydrogens (tertiary/aromatic N) is 1. The minimum atomic E-state index is -0.921. The van der Waals surface area contributed by atoms with E-state index >= 15 is 0 Å². The molecule has 0 atom stereocenters. The summed E-state index contributed by atoms with van der Waals surface area (Å²) in [6.07, 6.45) is 1.35. The SMILES string of the molecule is CC[PH](C)(C)N(C)C. The van der Waals surface area contributed by atoms with E-state index in [1.807, 2.05) is 0 Å². The van der Waals surface area contributed by atoms with Crippen molar-refractivity contribution in [1.82, 2.24) is 4.67 Å². The summed E-state index contributed by atoms with van der Waals surface area (Å²) in [7, 11) is 3.43. The predicted molar refractivity (Wildman–Crippen MR) is 44.4 cm³/mol. The van der Waals surface area contributed by atoms with Gasteiger partial charge in [-0.05, 0) is 0 Å². The fraction of sp³-hybridized carbons (Fsp3) is 1.00. The molecule has 0 saturated carbocycles. The van der Waals surface area contributed by atoms with Gasteiger partial charge >= 0.3 is 52.6 Å². The number of hydrogen-bond acceptors (Lipinski definition) is 1. The number of rotatable bonds is 2. The zero-order valence-electron chi connectivity index (χ0n) is 6.65. The molecule has 52 valence electrons. The molecular formula is C6H18NP. The van der Waals surface area contributed by atoms with E-state index in [0.29, 0.717) is 0 Å². The molecule has 0 spiro atoms. The average molecular weight is 135 g/mol. The second-order valence-electron chi connectivity index (χ2n) is 3.06. The van der Waals surface area contributed by atoms with Crippen molar-refractivity contribution in [1.29, 1.82) is 0 Å². The monoisotopic (exact) mass is 135 g/mol. The molecule has 0 aromatic rings. The van der Waals surface area contributed by atoms with Crippen molar-refractivity contribution in [2.45, 2.75) is 6.92 Å². The molecule has 0 rings (SSSR count). The van der Waals surface area contributed by atoms with Gasteiger partial charge in [0.15, 0.2) is 0 Å². The topological polar surface area (TPSA) is 3.24 Å². The van der Waals surface area contributed by atoms with Crippen LogP contribution in [0.25, 0.3) is 0 Å². The van der Waals surface area contributed by atoms with Crippen LogP contribution in [0.2, 0.25) is 0 Å². The third-order valence-corrected chi connectivity index (χ3v) is 6.23. The Hall–Kier alpha value is 0.390. The van der Waals surface area contributed by atoms with Crippen LogP contribution in [0.4, 0.5) is 0 Å². The molecular weight excluding hydrogens is 117 g/mol. The first-order valence-electron chi connectivity index (χ1n) is 3.18. The Kier molecular flexibility index (Phi) is 2.93. The first-order valence-corrected chi connectivity index (χ1v) is 6.33. The van der Waals surface area contributed by atoms with Crippen molar-refractivity contribution in [3.63, 3.8) is 0 Å². The number of hydrogen-bond donors (Lipinski definition) is 0. The molecule has 2 heteroatoms. The van der Waals surface area contributed by atoms with E-state index in [0.717, 1.165) is 0 Å². The van der Waals surface area contributed by atoms with E-state index in [-0.39, 0.29) is 0 Å². The maximum atomic E-state index is 2.38. The van der Waals surface area contributed by atoms with E-state index in [9.17, 15) is 0 Å². The molecule has 0 aliphatic rings. The van der Waals surface area contributed by atoms with Gasteiger partial charge in [-0.15, -0.1) is 0 Å². The molecule has 0 fully saturated rings. The van der Waals surface area contributed by atoms with Crippen LogP contribution in [0.1, 0.15) is 6.92 Å². The zero-order chi connectivity index (χ0) is 6.78. The third kappa shape index (κ3) is 2.11. The van der Waals surface area contributed by atoms with E-state index in [1.54, 1.807) is 0 Å². The van der Waals surface area contributed by atoms with Crippen molar-refractivity contribution in [2.24, 2.45) is 0 Å². The zero-order valence-corrected chi connectivity index (χ0v) is 7.65. The second kappa shape index (κ2) is 2.80. The fourth-order valence-corrected chi connectivity index (χ4v) is 0.949. The molecule has 0 radical (unpaired) electrons. The van der Waals surface area contributed by atoms with Crippen LogP contribution in [0.5, 0.6) is 0 Å². The molecule has 0 heterocycles. The Morgan fingerprint density at radius 2 is 1.62 bits per heavy atom. The summed E-state index contributed by atoms with van der Waals surface area (Å²) in [5, 5.41) is 0. The van der Waals surface area contributed by atoms with Gasteiger partial charge in [0.1, 0.15) is 0 Å². The summed E-state index contributed by atoms with van der Waals surface area (Å²) in [6.45, 7) is 7.03. The van der Waals surface area contributed by atoms with Crippen LogP contribution in [-0.4, -0.2) is 38.3 Å². The van der Waals surface area contributed by atoms with E-state index in [1.165, 1.54) is 6.16 Å². The quantitative estimate of drug-likeness (QED) is 0.518. The predicted octanol–water partition coefficient (Wildman–Crippen LogP) is 1.49. The average Bonchev–Trinajstić information content (AvgIpc) is 1.67. The van der Waals surface area contributed by atoms with Crippen LogP contribution in [0.15, 0.2) is 0 Å². The molecule has 0 amide bonds. The van der Waals surface area contributed by atoms with E-state index in [4.69, 9.17) is 0 Å². The summed E-state index contributed by atoms with van der Waals surface area (Å²) in [5.41, 5.74) is 0. The van der Waals surface area contributed by atoms with Gasteiger partial charge in [-0.3, -0.25) is 0 Å². The van der Waals surface area contributed by atoms with Crippen molar-refractivity contribution in [3.8, 4) is 0 Å². The van der Waals surface area contributed by atoms with Gasteiger partial charge < -0.3 is 0 Å². The molecule has 8 heavy (non-hydrogen) atoms. The van der Waals surface area contributed by atoms with Gasteiger partial charge in [-0.25, -0.2) is 0 Å². The Morgan fingerprint density at radius 1 is 1.25 bits per heavy atom. The van der Waals surface area contributed by atoms with Crippen molar-refractivity contribution in [3.05, 3.63) is 0 Å². The normalized spacial score (nSPS) is 14.8. The van der Waals surface area contributed by atoms with Crippen LogP contribution in [-0.2, 0) is 0 Å². The summed E-state index contributed by atoms with van der Waals surface area (Å²) in [5.74, 6) is 0. The fourth-order valence-electron chi connectivity index (χ4n) is 0.316. The van der Waals surface area contributed by atoms with Gasteiger partial charge in [-0.2, -0.15) is 0 Å². The Bertz CT molecular complexity index is 68.9. The van der Waals surface area contributed by atoms with Gasteiger partial charge in [0.2, 0.25) is 0 Å². The Labute approximate surface area is 53.5 Å². The molecule has 0 bridgehead atoms. The molecule has 0 unspecified atom stereocenters. The Morgan fingerprint density at radius 3 is 1.62 bits per heavy atom. The van der Waals surface area contributed by atoms with E-state index in [2.05, 4.69) is 39.0 Å². The van der Waals surface area contributed by atoms with Crippen molar-refractivity contribution >= 4 is 7.41 Å². The van der Waals surface area contributed by atoms with Crippen molar-refractivity contribution in [2.75, 3.05) is 33.6 Å². The molecule has 0 aromatic carbocycles. The molecule has 0 saturated heterocycles. The molecule has 0 aromatic heterocycles. The summed E-state index contributed by atoms with van der Waals surface area (Å²) < 4.78 is 2.38. The van der Waals surface area contributed by atoms with E-state index < -0.39 is 7.41 Å². The van der Waals surface area contributed by atoms with Crippen LogP contribution in [0.3, 0.4) is 0 Å².